The van der Waals surface area contributed by atoms with Gasteiger partial charge in [0.05, 0.1) is 25.8 Å². The quantitative estimate of drug-likeness (QED) is 0.399. The number of rotatable bonds is 8. The Bertz CT molecular complexity index is 982. The monoisotopic (exact) mass is 424 g/mol. The van der Waals surface area contributed by atoms with E-state index in [4.69, 9.17) is 9.47 Å². The van der Waals surface area contributed by atoms with Gasteiger partial charge in [0.15, 0.2) is 0 Å². The van der Waals surface area contributed by atoms with E-state index < -0.39 is 17.7 Å². The van der Waals surface area contributed by atoms with E-state index in [9.17, 15) is 14.7 Å². The highest BCUT2D eigenvalue weighted by atomic mass is 16.5. The molecule has 0 saturated carbocycles. The van der Waals surface area contributed by atoms with Crippen molar-refractivity contribution in [1.29, 1.82) is 0 Å². The molecule has 1 saturated heterocycles. The molecule has 1 amide bonds. The highest BCUT2D eigenvalue weighted by molar-refractivity contribution is 6.46. The number of ether oxygens (including phenoxy) is 2. The van der Waals surface area contributed by atoms with Crippen LogP contribution in [0.1, 0.15) is 23.6 Å². The first-order chi connectivity index (χ1) is 14.9. The van der Waals surface area contributed by atoms with Crippen LogP contribution < -0.4 is 9.47 Å². The molecule has 3 rings (SSSR count). The summed E-state index contributed by atoms with van der Waals surface area (Å²) in [5.41, 5.74) is 1.23. The second-order valence-electron chi connectivity index (χ2n) is 7.65. The third-order valence-electron chi connectivity index (χ3n) is 5.32. The van der Waals surface area contributed by atoms with Crippen LogP contribution in [0.3, 0.4) is 0 Å². The van der Waals surface area contributed by atoms with Gasteiger partial charge in [-0.2, -0.15) is 0 Å². The Morgan fingerprint density at radius 1 is 1.03 bits per heavy atom. The molecular weight excluding hydrogens is 396 g/mol. The Labute approximate surface area is 182 Å². The van der Waals surface area contributed by atoms with Crippen molar-refractivity contribution in [2.75, 3.05) is 41.4 Å². The predicted octanol–water partition coefficient (Wildman–Crippen LogP) is 3.08. The summed E-state index contributed by atoms with van der Waals surface area (Å²) in [6, 6.07) is 13.3. The van der Waals surface area contributed by atoms with E-state index in [0.29, 0.717) is 35.6 Å². The van der Waals surface area contributed by atoms with Gasteiger partial charge in [-0.1, -0.05) is 12.1 Å². The van der Waals surface area contributed by atoms with Crippen molar-refractivity contribution < 1.29 is 24.2 Å². The van der Waals surface area contributed by atoms with Gasteiger partial charge in [-0.15, -0.1) is 0 Å². The van der Waals surface area contributed by atoms with Crippen molar-refractivity contribution in [2.24, 2.45) is 0 Å². The Morgan fingerprint density at radius 2 is 1.71 bits per heavy atom. The molecule has 1 aliphatic heterocycles. The Balaban J connectivity index is 2.09. The summed E-state index contributed by atoms with van der Waals surface area (Å²) in [5, 5.41) is 11.1. The number of hydrogen-bond donors (Lipinski definition) is 1. The fourth-order valence-electron chi connectivity index (χ4n) is 3.73. The lowest BCUT2D eigenvalue weighted by Crippen LogP contribution is -2.32. The molecule has 1 N–H and O–H groups in total. The van der Waals surface area contributed by atoms with Crippen LogP contribution in [0.4, 0.5) is 0 Å². The average molecular weight is 424 g/mol. The molecule has 0 aliphatic carbocycles. The molecule has 0 bridgehead atoms. The van der Waals surface area contributed by atoms with Crippen LogP contribution in [0.15, 0.2) is 54.1 Å². The first-order valence-electron chi connectivity index (χ1n) is 10.1. The molecule has 1 atom stereocenters. The third-order valence-corrected chi connectivity index (χ3v) is 5.32. The van der Waals surface area contributed by atoms with E-state index >= 15 is 0 Å². The lowest BCUT2D eigenvalue weighted by molar-refractivity contribution is -0.139. The maximum atomic E-state index is 13.0. The number of benzene rings is 2. The molecule has 0 unspecified atom stereocenters. The summed E-state index contributed by atoms with van der Waals surface area (Å²) in [7, 11) is 7.02. The van der Waals surface area contributed by atoms with Gasteiger partial charge in [0, 0.05) is 12.1 Å². The lowest BCUT2D eigenvalue weighted by Gasteiger charge is -2.26. The summed E-state index contributed by atoms with van der Waals surface area (Å²) < 4.78 is 10.5. The van der Waals surface area contributed by atoms with Crippen LogP contribution in [0.5, 0.6) is 11.5 Å². The smallest absolute Gasteiger partial charge is 0.295 e. The Hall–Kier alpha value is -3.32. The van der Waals surface area contributed by atoms with E-state index in [1.54, 1.807) is 50.6 Å². The van der Waals surface area contributed by atoms with Crippen molar-refractivity contribution in [3.63, 3.8) is 0 Å². The highest BCUT2D eigenvalue weighted by Gasteiger charge is 2.45. The van der Waals surface area contributed by atoms with Crippen LogP contribution in [0, 0.1) is 0 Å². The molecule has 31 heavy (non-hydrogen) atoms. The number of nitrogens with zero attached hydrogens (tertiary/aromatic N) is 2. The summed E-state index contributed by atoms with van der Waals surface area (Å²) in [4.78, 5) is 29.5. The number of carbonyl (C=O) groups is 2. The van der Waals surface area contributed by atoms with E-state index in [0.717, 1.165) is 6.54 Å². The van der Waals surface area contributed by atoms with Crippen molar-refractivity contribution in [1.82, 2.24) is 9.80 Å². The fourth-order valence-corrected chi connectivity index (χ4v) is 3.73. The second-order valence-corrected chi connectivity index (χ2v) is 7.65. The largest absolute Gasteiger partial charge is 0.507 e. The molecule has 0 spiro atoms. The van der Waals surface area contributed by atoms with E-state index in [1.165, 1.54) is 4.90 Å². The van der Waals surface area contributed by atoms with Crippen molar-refractivity contribution in [3.8, 4) is 11.5 Å². The van der Waals surface area contributed by atoms with Gasteiger partial charge in [-0.3, -0.25) is 9.59 Å². The van der Waals surface area contributed by atoms with Crippen molar-refractivity contribution >= 4 is 17.4 Å². The number of ketones is 1. The van der Waals surface area contributed by atoms with Crippen LogP contribution in [0.2, 0.25) is 0 Å². The number of Topliss-reactive ketones (excluding diaryl/α,β-unsaturated/α-hetero) is 1. The molecule has 1 fully saturated rings. The Kier molecular flexibility index (Phi) is 6.97. The first kappa shape index (κ1) is 22.4. The van der Waals surface area contributed by atoms with Crippen molar-refractivity contribution in [2.45, 2.75) is 12.5 Å². The Morgan fingerprint density at radius 3 is 2.32 bits per heavy atom. The zero-order chi connectivity index (χ0) is 22.5. The van der Waals surface area contributed by atoms with E-state index in [1.807, 2.05) is 31.1 Å². The molecule has 1 aliphatic rings. The zero-order valence-electron chi connectivity index (χ0n) is 18.3. The highest BCUT2D eigenvalue weighted by Crippen LogP contribution is 2.40. The minimum Gasteiger partial charge on any atom is -0.507 e. The topological polar surface area (TPSA) is 79.3 Å². The van der Waals surface area contributed by atoms with Gasteiger partial charge in [-0.05, 0) is 69.0 Å². The average Bonchev–Trinajstić information content (AvgIpc) is 3.03. The molecule has 2 aromatic rings. The number of hydrogen-bond acceptors (Lipinski definition) is 6. The van der Waals surface area contributed by atoms with Gasteiger partial charge in [-0.25, -0.2) is 0 Å². The molecule has 7 nitrogen and oxygen atoms in total. The number of aliphatic hydroxyl groups excluding tert-OH is 1. The van der Waals surface area contributed by atoms with E-state index in [2.05, 4.69) is 0 Å². The van der Waals surface area contributed by atoms with Gasteiger partial charge >= 0.3 is 0 Å². The van der Waals surface area contributed by atoms with Crippen LogP contribution in [-0.4, -0.2) is 68.0 Å². The van der Waals surface area contributed by atoms with Gasteiger partial charge in [0.2, 0.25) is 0 Å². The fraction of sp³-hybridized carbons (Fsp3) is 0.333. The third kappa shape index (κ3) is 4.72. The standard InChI is InChI=1S/C24H28N2O5/c1-25(2)13-6-14-26-21(17-7-5-8-19(15-17)31-4)20(23(28)24(26)29)22(27)16-9-11-18(30-3)12-10-16/h5,7-12,15,21,27H,6,13-14H2,1-4H3/t21-/m0/s1. The van der Waals surface area contributed by atoms with Crippen LogP contribution in [0.25, 0.3) is 5.76 Å². The van der Waals surface area contributed by atoms with Gasteiger partial charge in [0.1, 0.15) is 17.3 Å². The maximum absolute atomic E-state index is 13.0. The van der Waals surface area contributed by atoms with Crippen LogP contribution >= 0.6 is 0 Å². The minimum absolute atomic E-state index is 0.0771. The number of likely N-dealkylation sites (tertiary alicyclic amines) is 1. The molecule has 7 heteroatoms. The number of amides is 1. The summed E-state index contributed by atoms with van der Waals surface area (Å²) in [6.07, 6.45) is 0.697. The maximum Gasteiger partial charge on any atom is 0.295 e. The minimum atomic E-state index is -0.695. The summed E-state index contributed by atoms with van der Waals surface area (Å²) >= 11 is 0. The summed E-state index contributed by atoms with van der Waals surface area (Å²) in [6.45, 7) is 1.16. The predicted molar refractivity (Wildman–Crippen MR) is 118 cm³/mol. The molecule has 1 heterocycles. The first-order valence-corrected chi connectivity index (χ1v) is 10.1. The number of aliphatic hydroxyl groups is 1. The van der Waals surface area contributed by atoms with Gasteiger partial charge in [0.25, 0.3) is 11.7 Å². The SMILES string of the molecule is COc1ccc(C(O)=C2C(=O)C(=O)N(CCCN(C)C)[C@H]2c2cccc(OC)c2)cc1. The lowest BCUT2D eigenvalue weighted by atomic mass is 9.95. The number of carbonyl (C=O) groups excluding carboxylic acids is 2. The molecule has 2 aromatic carbocycles. The van der Waals surface area contributed by atoms with Crippen molar-refractivity contribution in [3.05, 3.63) is 65.2 Å². The van der Waals surface area contributed by atoms with E-state index in [-0.39, 0.29) is 11.3 Å². The molecule has 164 valence electrons. The van der Waals surface area contributed by atoms with Crippen LogP contribution in [-0.2, 0) is 9.59 Å². The summed E-state index contributed by atoms with van der Waals surface area (Å²) in [5.74, 6) is -0.262. The molecule has 0 radical (unpaired) electrons. The zero-order valence-corrected chi connectivity index (χ0v) is 18.3. The second kappa shape index (κ2) is 9.66. The normalized spacial score (nSPS) is 18.0. The number of methoxy groups -OCH3 is 2. The molecular formula is C24H28N2O5. The van der Waals surface area contributed by atoms with Gasteiger partial charge < -0.3 is 24.4 Å². The molecule has 0 aromatic heterocycles.